The molecule has 1 saturated carbocycles. The molecule has 1 amide bonds. The van der Waals surface area contributed by atoms with Crippen molar-refractivity contribution in [2.45, 2.75) is 52.0 Å². The number of rotatable bonds is 5. The van der Waals surface area contributed by atoms with Crippen LogP contribution in [0.2, 0.25) is 0 Å². The lowest BCUT2D eigenvalue weighted by Gasteiger charge is -2.45. The maximum Gasteiger partial charge on any atom is 0.234 e. The number of nitrogens with zero attached hydrogens (tertiary/aromatic N) is 2. The molecule has 1 heterocycles. The Bertz CT molecular complexity index is 396. The monoisotopic (exact) mass is 296 g/mol. The minimum Gasteiger partial charge on any atom is -0.409 e. The lowest BCUT2D eigenvalue weighted by molar-refractivity contribution is -0.134. The van der Waals surface area contributed by atoms with E-state index >= 15 is 0 Å². The fourth-order valence-electron chi connectivity index (χ4n) is 3.68. The molecule has 1 saturated heterocycles. The Balaban J connectivity index is 1.89. The Kier molecular flexibility index (Phi) is 5.08. The third-order valence-electron chi connectivity index (χ3n) is 4.89. The van der Waals surface area contributed by atoms with Gasteiger partial charge in [0.05, 0.1) is 0 Å². The number of nitrogens with two attached hydrogens (primary N) is 1. The minimum absolute atomic E-state index is 0.0570. The van der Waals surface area contributed by atoms with Gasteiger partial charge in [0.25, 0.3) is 0 Å². The maximum absolute atomic E-state index is 12.6. The number of amides is 1. The Morgan fingerprint density at radius 3 is 2.52 bits per heavy atom. The first-order valence-electron chi connectivity index (χ1n) is 8.03. The van der Waals surface area contributed by atoms with Crippen molar-refractivity contribution in [3.05, 3.63) is 0 Å². The molecule has 0 bridgehead atoms. The molecule has 0 atom stereocenters. The molecular formula is C15H28N4O2. The zero-order valence-corrected chi connectivity index (χ0v) is 13.1. The van der Waals surface area contributed by atoms with Crippen LogP contribution >= 0.6 is 0 Å². The van der Waals surface area contributed by atoms with Crippen LogP contribution < -0.4 is 11.1 Å². The van der Waals surface area contributed by atoms with E-state index in [1.165, 1.54) is 6.42 Å². The molecule has 0 aromatic heterocycles. The summed E-state index contributed by atoms with van der Waals surface area (Å²) in [6.07, 6.45) is 4.47. The van der Waals surface area contributed by atoms with Gasteiger partial charge in [-0.15, -0.1) is 0 Å². The van der Waals surface area contributed by atoms with Crippen LogP contribution in [0.4, 0.5) is 0 Å². The quantitative estimate of drug-likeness (QED) is 0.307. The summed E-state index contributed by atoms with van der Waals surface area (Å²) in [6, 6.07) is 0.213. The molecule has 0 aromatic rings. The van der Waals surface area contributed by atoms with Crippen molar-refractivity contribution in [3.63, 3.8) is 0 Å². The van der Waals surface area contributed by atoms with Gasteiger partial charge in [0.15, 0.2) is 5.84 Å². The van der Waals surface area contributed by atoms with Gasteiger partial charge in [-0.25, -0.2) is 0 Å². The second kappa shape index (κ2) is 6.64. The first kappa shape index (κ1) is 16.1. The number of amidine groups is 1. The van der Waals surface area contributed by atoms with Crippen LogP contribution in [-0.2, 0) is 4.79 Å². The SMILES string of the molecule is CCCN1CCC(NC(=O)C2(C(N)=NO)CC(C)C2)CC1. The smallest absolute Gasteiger partial charge is 0.234 e. The Labute approximate surface area is 126 Å². The summed E-state index contributed by atoms with van der Waals surface area (Å²) in [4.78, 5) is 15.0. The van der Waals surface area contributed by atoms with Crippen LogP contribution in [0, 0.1) is 11.3 Å². The molecule has 4 N–H and O–H groups in total. The molecule has 120 valence electrons. The Morgan fingerprint density at radius 1 is 1.43 bits per heavy atom. The van der Waals surface area contributed by atoms with Crippen LogP contribution in [0.1, 0.15) is 46.0 Å². The highest BCUT2D eigenvalue weighted by Crippen LogP contribution is 2.46. The van der Waals surface area contributed by atoms with Gasteiger partial charge in [0.2, 0.25) is 5.91 Å². The molecule has 1 aliphatic heterocycles. The van der Waals surface area contributed by atoms with Gasteiger partial charge in [0.1, 0.15) is 5.41 Å². The molecule has 2 aliphatic rings. The van der Waals surface area contributed by atoms with E-state index in [4.69, 9.17) is 10.9 Å². The fraction of sp³-hybridized carbons (Fsp3) is 0.867. The van der Waals surface area contributed by atoms with E-state index in [1.807, 2.05) is 0 Å². The van der Waals surface area contributed by atoms with Gasteiger partial charge in [-0.2, -0.15) is 0 Å². The predicted octanol–water partition coefficient (Wildman–Crippen LogP) is 1.14. The number of nitrogens with one attached hydrogen (secondary N) is 1. The summed E-state index contributed by atoms with van der Waals surface area (Å²) in [5.74, 6) is 0.439. The van der Waals surface area contributed by atoms with Gasteiger partial charge in [-0.1, -0.05) is 19.0 Å². The number of hydrogen-bond donors (Lipinski definition) is 3. The molecule has 0 aromatic carbocycles. The molecule has 0 spiro atoms. The van der Waals surface area contributed by atoms with E-state index in [2.05, 4.69) is 29.2 Å². The average molecular weight is 296 g/mol. The van der Waals surface area contributed by atoms with Crippen LogP contribution in [0.3, 0.4) is 0 Å². The third-order valence-corrected chi connectivity index (χ3v) is 4.89. The van der Waals surface area contributed by atoms with Gasteiger partial charge in [0, 0.05) is 19.1 Å². The van der Waals surface area contributed by atoms with Gasteiger partial charge in [-0.3, -0.25) is 4.79 Å². The lowest BCUT2D eigenvalue weighted by atomic mass is 9.61. The van der Waals surface area contributed by atoms with Crippen molar-refractivity contribution in [3.8, 4) is 0 Å². The van der Waals surface area contributed by atoms with Crippen LogP contribution in [0.5, 0.6) is 0 Å². The molecule has 6 nitrogen and oxygen atoms in total. The number of carbonyl (C=O) groups is 1. The third kappa shape index (κ3) is 3.31. The molecule has 1 aliphatic carbocycles. The number of carbonyl (C=O) groups excluding carboxylic acids is 1. The predicted molar refractivity (Wildman–Crippen MR) is 82.1 cm³/mol. The topological polar surface area (TPSA) is 91.0 Å². The molecule has 0 radical (unpaired) electrons. The van der Waals surface area contributed by atoms with Crippen LogP contribution in [0.15, 0.2) is 5.16 Å². The van der Waals surface area contributed by atoms with Gasteiger partial charge >= 0.3 is 0 Å². The molecule has 2 rings (SSSR count). The van der Waals surface area contributed by atoms with Crippen molar-refractivity contribution < 1.29 is 10.0 Å². The summed E-state index contributed by atoms with van der Waals surface area (Å²) in [5.41, 5.74) is 4.99. The fourth-order valence-corrected chi connectivity index (χ4v) is 3.68. The zero-order valence-electron chi connectivity index (χ0n) is 13.1. The molecule has 6 heteroatoms. The molecule has 21 heavy (non-hydrogen) atoms. The first-order valence-corrected chi connectivity index (χ1v) is 8.03. The number of hydrogen-bond acceptors (Lipinski definition) is 4. The van der Waals surface area contributed by atoms with E-state index in [-0.39, 0.29) is 17.8 Å². The molecule has 0 unspecified atom stereocenters. The van der Waals surface area contributed by atoms with Crippen molar-refractivity contribution in [2.75, 3.05) is 19.6 Å². The summed E-state index contributed by atoms with van der Waals surface area (Å²) in [5, 5.41) is 15.2. The summed E-state index contributed by atoms with van der Waals surface area (Å²) in [6.45, 7) is 7.47. The van der Waals surface area contributed by atoms with Crippen molar-refractivity contribution >= 4 is 11.7 Å². The Hall–Kier alpha value is -1.30. The van der Waals surface area contributed by atoms with Crippen LogP contribution in [-0.4, -0.2) is 47.5 Å². The average Bonchev–Trinajstić information content (AvgIpc) is 2.45. The maximum atomic E-state index is 12.6. The summed E-state index contributed by atoms with van der Waals surface area (Å²) >= 11 is 0. The van der Waals surface area contributed by atoms with E-state index in [1.54, 1.807) is 0 Å². The first-order chi connectivity index (χ1) is 10.0. The minimum atomic E-state index is -0.783. The normalized spacial score (nSPS) is 31.7. The standard InChI is InChI=1S/C15H28N4O2/c1-3-6-19-7-4-12(5-8-19)17-14(20)15(13(16)18-21)9-11(2)10-15/h11-12,21H,3-10H2,1-2H3,(H2,16,18)(H,17,20). The van der Waals surface area contributed by atoms with E-state index in [0.29, 0.717) is 18.8 Å². The number of piperidine rings is 1. The van der Waals surface area contributed by atoms with Crippen molar-refractivity contribution in [1.29, 1.82) is 0 Å². The summed E-state index contributed by atoms with van der Waals surface area (Å²) in [7, 11) is 0. The molecular weight excluding hydrogens is 268 g/mol. The second-order valence-electron chi connectivity index (χ2n) is 6.67. The highest BCUT2D eigenvalue weighted by atomic mass is 16.4. The van der Waals surface area contributed by atoms with Crippen LogP contribution in [0.25, 0.3) is 0 Å². The summed E-state index contributed by atoms with van der Waals surface area (Å²) < 4.78 is 0. The van der Waals surface area contributed by atoms with E-state index < -0.39 is 5.41 Å². The highest BCUT2D eigenvalue weighted by molar-refractivity contribution is 6.07. The Morgan fingerprint density at radius 2 is 2.05 bits per heavy atom. The second-order valence-corrected chi connectivity index (χ2v) is 6.67. The highest BCUT2D eigenvalue weighted by Gasteiger charge is 2.52. The van der Waals surface area contributed by atoms with E-state index in [9.17, 15) is 4.79 Å². The van der Waals surface area contributed by atoms with Crippen molar-refractivity contribution in [2.24, 2.45) is 22.2 Å². The van der Waals surface area contributed by atoms with E-state index in [0.717, 1.165) is 32.5 Å². The number of oxime groups is 1. The zero-order chi connectivity index (χ0) is 15.5. The van der Waals surface area contributed by atoms with Gasteiger partial charge < -0.3 is 21.2 Å². The largest absolute Gasteiger partial charge is 0.409 e. The lowest BCUT2D eigenvalue weighted by Crippen LogP contribution is -2.59. The van der Waals surface area contributed by atoms with Gasteiger partial charge in [-0.05, 0) is 44.6 Å². The van der Waals surface area contributed by atoms with Crippen molar-refractivity contribution in [1.82, 2.24) is 10.2 Å². The number of likely N-dealkylation sites (tertiary alicyclic amines) is 1. The molecule has 2 fully saturated rings.